The van der Waals surface area contributed by atoms with E-state index in [1.54, 1.807) is 7.11 Å². The Hall–Kier alpha value is -1.26. The minimum Gasteiger partial charge on any atom is -0.496 e. The van der Waals surface area contributed by atoms with Gasteiger partial charge < -0.3 is 20.1 Å². The molecule has 0 amide bonds. The number of hydrogen-bond donors (Lipinski definition) is 1. The van der Waals surface area contributed by atoms with Crippen molar-refractivity contribution in [1.29, 1.82) is 0 Å². The highest BCUT2D eigenvalue weighted by Gasteiger charge is 2.20. The van der Waals surface area contributed by atoms with E-state index >= 15 is 0 Å². The molecule has 1 heterocycles. The summed E-state index contributed by atoms with van der Waals surface area (Å²) < 4.78 is 11.0. The average molecular weight is 278 g/mol. The molecule has 0 aromatic heterocycles. The van der Waals surface area contributed by atoms with E-state index in [9.17, 15) is 0 Å². The van der Waals surface area contributed by atoms with Gasteiger partial charge in [0.15, 0.2) is 0 Å². The van der Waals surface area contributed by atoms with Crippen LogP contribution in [0.2, 0.25) is 0 Å². The number of anilines is 1. The monoisotopic (exact) mass is 278 g/mol. The summed E-state index contributed by atoms with van der Waals surface area (Å²) >= 11 is 0. The van der Waals surface area contributed by atoms with Gasteiger partial charge in [0.05, 0.1) is 13.7 Å². The summed E-state index contributed by atoms with van der Waals surface area (Å²) in [6, 6.07) is 6.06. The second-order valence-electron chi connectivity index (χ2n) is 5.65. The lowest BCUT2D eigenvalue weighted by atomic mass is 10.00. The van der Waals surface area contributed by atoms with Crippen LogP contribution in [-0.4, -0.2) is 33.9 Å². The second-order valence-corrected chi connectivity index (χ2v) is 5.65. The maximum absolute atomic E-state index is 6.13. The molecule has 1 aromatic carbocycles. The van der Waals surface area contributed by atoms with E-state index in [0.717, 1.165) is 43.2 Å². The van der Waals surface area contributed by atoms with Crippen LogP contribution in [0.4, 0.5) is 5.69 Å². The maximum Gasteiger partial charge on any atom is 0.125 e. The van der Waals surface area contributed by atoms with Crippen molar-refractivity contribution in [2.24, 2.45) is 11.7 Å². The number of nitrogens with zero attached hydrogens (tertiary/aromatic N) is 1. The minimum atomic E-state index is -0.0498. The zero-order valence-electron chi connectivity index (χ0n) is 12.8. The summed E-state index contributed by atoms with van der Waals surface area (Å²) in [7, 11) is 3.81. The van der Waals surface area contributed by atoms with Gasteiger partial charge in [0.1, 0.15) is 5.75 Å². The summed E-state index contributed by atoms with van der Waals surface area (Å²) in [6.07, 6.45) is 2.40. The van der Waals surface area contributed by atoms with Crippen LogP contribution < -0.4 is 15.4 Å². The Morgan fingerprint density at radius 3 is 2.90 bits per heavy atom. The van der Waals surface area contributed by atoms with Gasteiger partial charge in [-0.1, -0.05) is 6.07 Å². The van der Waals surface area contributed by atoms with E-state index in [1.807, 2.05) is 19.1 Å². The minimum absolute atomic E-state index is 0.0498. The molecule has 1 aromatic rings. The van der Waals surface area contributed by atoms with Crippen molar-refractivity contribution in [3.63, 3.8) is 0 Å². The van der Waals surface area contributed by atoms with Crippen LogP contribution in [-0.2, 0) is 4.74 Å². The molecule has 0 aliphatic carbocycles. The molecule has 2 rings (SSSR count). The van der Waals surface area contributed by atoms with Crippen LogP contribution in [0.25, 0.3) is 0 Å². The molecule has 1 aliphatic rings. The molecule has 4 heteroatoms. The lowest BCUT2D eigenvalue weighted by Crippen LogP contribution is -2.31. The summed E-state index contributed by atoms with van der Waals surface area (Å²) in [6.45, 7) is 4.76. The first-order valence-corrected chi connectivity index (χ1v) is 7.34. The highest BCUT2D eigenvalue weighted by atomic mass is 16.5. The number of ether oxygens (including phenoxy) is 2. The van der Waals surface area contributed by atoms with Gasteiger partial charge >= 0.3 is 0 Å². The molecule has 0 saturated carbocycles. The van der Waals surface area contributed by atoms with Crippen LogP contribution in [0.1, 0.15) is 31.4 Å². The molecule has 0 bridgehead atoms. The van der Waals surface area contributed by atoms with Crippen molar-refractivity contribution < 1.29 is 9.47 Å². The summed E-state index contributed by atoms with van der Waals surface area (Å²) in [5.74, 6) is 1.46. The van der Waals surface area contributed by atoms with Gasteiger partial charge in [-0.15, -0.1) is 0 Å². The first kappa shape index (κ1) is 15.1. The molecule has 1 saturated heterocycles. The number of methoxy groups -OCH3 is 1. The Kier molecular flexibility index (Phi) is 5.26. The fraction of sp³-hybridized carbons (Fsp3) is 0.625. The molecule has 112 valence electrons. The van der Waals surface area contributed by atoms with E-state index in [2.05, 4.69) is 18.0 Å². The van der Waals surface area contributed by atoms with Crippen LogP contribution in [0, 0.1) is 5.92 Å². The van der Waals surface area contributed by atoms with Crippen molar-refractivity contribution in [2.45, 2.75) is 25.8 Å². The van der Waals surface area contributed by atoms with E-state index in [0.29, 0.717) is 5.92 Å². The molecular formula is C16H26N2O2. The second kappa shape index (κ2) is 6.95. The van der Waals surface area contributed by atoms with E-state index < -0.39 is 0 Å². The van der Waals surface area contributed by atoms with E-state index in [4.69, 9.17) is 15.2 Å². The van der Waals surface area contributed by atoms with Crippen molar-refractivity contribution in [1.82, 2.24) is 0 Å². The molecule has 2 atom stereocenters. The summed E-state index contributed by atoms with van der Waals surface area (Å²) in [5, 5.41) is 0. The zero-order chi connectivity index (χ0) is 14.5. The molecule has 0 spiro atoms. The van der Waals surface area contributed by atoms with E-state index in [-0.39, 0.29) is 6.04 Å². The van der Waals surface area contributed by atoms with Gasteiger partial charge in [-0.3, -0.25) is 0 Å². The topological polar surface area (TPSA) is 47.7 Å². The predicted octanol–water partition coefficient (Wildman–Crippen LogP) is 2.58. The molecular weight excluding hydrogens is 252 g/mol. The van der Waals surface area contributed by atoms with Crippen molar-refractivity contribution in [3.05, 3.63) is 23.8 Å². The number of nitrogens with two attached hydrogens (primary N) is 1. The third-order valence-corrected chi connectivity index (χ3v) is 3.92. The first-order chi connectivity index (χ1) is 9.63. The van der Waals surface area contributed by atoms with Gasteiger partial charge in [-0.2, -0.15) is 0 Å². The Morgan fingerprint density at radius 2 is 2.30 bits per heavy atom. The first-order valence-electron chi connectivity index (χ1n) is 7.34. The van der Waals surface area contributed by atoms with Crippen molar-refractivity contribution in [2.75, 3.05) is 38.8 Å². The Bertz CT molecular complexity index is 428. The number of benzene rings is 1. The van der Waals surface area contributed by atoms with E-state index in [1.165, 1.54) is 6.42 Å². The van der Waals surface area contributed by atoms with Gasteiger partial charge in [0, 0.05) is 37.5 Å². The molecule has 1 aliphatic heterocycles. The Balaban J connectivity index is 2.17. The third-order valence-electron chi connectivity index (χ3n) is 3.92. The van der Waals surface area contributed by atoms with Gasteiger partial charge in [-0.25, -0.2) is 0 Å². The smallest absolute Gasteiger partial charge is 0.125 e. The lowest BCUT2D eigenvalue weighted by Gasteiger charge is -2.30. The largest absolute Gasteiger partial charge is 0.496 e. The molecule has 0 radical (unpaired) electrons. The summed E-state index contributed by atoms with van der Waals surface area (Å²) in [4.78, 5) is 2.28. The zero-order valence-corrected chi connectivity index (χ0v) is 12.8. The van der Waals surface area contributed by atoms with Crippen LogP contribution in [0.15, 0.2) is 18.2 Å². The fourth-order valence-corrected chi connectivity index (χ4v) is 2.94. The SMILES string of the molecule is COc1cccc(N(C)CC2CCCOC2)c1C(C)N. The average Bonchev–Trinajstić information content (AvgIpc) is 2.47. The number of hydrogen-bond acceptors (Lipinski definition) is 4. The fourth-order valence-electron chi connectivity index (χ4n) is 2.94. The Labute approximate surface area is 121 Å². The van der Waals surface area contributed by atoms with Gasteiger partial charge in [0.2, 0.25) is 0 Å². The van der Waals surface area contributed by atoms with Crippen LogP contribution >= 0.6 is 0 Å². The highest BCUT2D eigenvalue weighted by Crippen LogP contribution is 2.33. The van der Waals surface area contributed by atoms with Crippen LogP contribution in [0.5, 0.6) is 5.75 Å². The quantitative estimate of drug-likeness (QED) is 0.899. The molecule has 1 fully saturated rings. The van der Waals surface area contributed by atoms with Gasteiger partial charge in [0.25, 0.3) is 0 Å². The van der Waals surface area contributed by atoms with Gasteiger partial charge in [-0.05, 0) is 37.8 Å². The third kappa shape index (κ3) is 3.44. The highest BCUT2D eigenvalue weighted by molar-refractivity contribution is 5.60. The molecule has 4 nitrogen and oxygen atoms in total. The van der Waals surface area contributed by atoms with Crippen LogP contribution in [0.3, 0.4) is 0 Å². The molecule has 2 unspecified atom stereocenters. The maximum atomic E-state index is 6.13. The molecule has 2 N–H and O–H groups in total. The normalized spacial score (nSPS) is 20.5. The summed E-state index contributed by atoms with van der Waals surface area (Å²) in [5.41, 5.74) is 8.37. The number of rotatable bonds is 5. The van der Waals surface area contributed by atoms with Crippen molar-refractivity contribution >= 4 is 5.69 Å². The van der Waals surface area contributed by atoms with Crippen molar-refractivity contribution in [3.8, 4) is 5.75 Å². The standard InChI is InChI=1S/C16H26N2O2/c1-12(17)16-14(7-4-8-15(16)19-3)18(2)10-13-6-5-9-20-11-13/h4,7-8,12-13H,5-6,9-11,17H2,1-3H3. The molecule has 20 heavy (non-hydrogen) atoms. The predicted molar refractivity (Wildman–Crippen MR) is 82.4 cm³/mol. The Morgan fingerprint density at radius 1 is 1.50 bits per heavy atom. The lowest BCUT2D eigenvalue weighted by molar-refractivity contribution is 0.0576.